The quantitative estimate of drug-likeness (QED) is 0.160. The lowest BCUT2D eigenvalue weighted by Crippen LogP contribution is -2.25. The van der Waals surface area contributed by atoms with Crippen molar-refractivity contribution in [3.05, 3.63) is 125 Å². The fourth-order valence-corrected chi connectivity index (χ4v) is 6.58. The van der Waals surface area contributed by atoms with Crippen LogP contribution in [0, 0.1) is 6.92 Å². The number of ether oxygens (including phenoxy) is 1. The molecule has 0 aliphatic heterocycles. The smallest absolute Gasteiger partial charge is 0.123 e. The van der Waals surface area contributed by atoms with E-state index in [0.717, 1.165) is 30.0 Å². The Morgan fingerprint density at radius 1 is 0.778 bits per heavy atom. The number of benzene rings is 4. The molecule has 1 atom stereocenters. The minimum absolute atomic E-state index is 0.0127. The zero-order valence-electron chi connectivity index (χ0n) is 21.8. The first kappa shape index (κ1) is 25.9. The molecule has 3 heteroatoms. The monoisotopic (exact) mass is 493 g/mol. The molecular weight excluding hydrogens is 457 g/mol. The first-order valence-electron chi connectivity index (χ1n) is 12.8. The summed E-state index contributed by atoms with van der Waals surface area (Å²) in [6.45, 7) is 9.56. The summed E-state index contributed by atoms with van der Waals surface area (Å²) in [5.41, 5.74) is 7.09. The third-order valence-corrected chi connectivity index (χ3v) is 9.30. The Hall–Kier alpha value is -3.22. The molecule has 0 bridgehead atoms. The number of hydrogen-bond acceptors (Lipinski definition) is 2. The lowest BCUT2D eigenvalue weighted by atomic mass is 9.92. The molecule has 0 radical (unpaired) electrons. The average molecular weight is 494 g/mol. The van der Waals surface area contributed by atoms with Gasteiger partial charge >= 0.3 is 0 Å². The van der Waals surface area contributed by atoms with Gasteiger partial charge in [-0.25, -0.2) is 0 Å². The third-order valence-electron chi connectivity index (χ3n) is 6.93. The standard InChI is InChI=1S/C33H36NOP/c1-5-33(6-2,30-22-13-14-23-31(30)35-24-27-17-9-7-10-18-27)36-32-25(3)16-15-21-29(32)26(4)34-28-19-11-8-12-20-28/h7-23,36H,5-6,24H2,1-4H3. The van der Waals surface area contributed by atoms with Crippen molar-refractivity contribution in [2.75, 3.05) is 0 Å². The van der Waals surface area contributed by atoms with Crippen LogP contribution in [0.15, 0.2) is 108 Å². The largest absolute Gasteiger partial charge is 0.489 e. The van der Waals surface area contributed by atoms with E-state index in [1.165, 1.54) is 27.6 Å². The lowest BCUT2D eigenvalue weighted by molar-refractivity contribution is 0.298. The Morgan fingerprint density at radius 3 is 2.11 bits per heavy atom. The fraction of sp³-hybridized carbons (Fsp3) is 0.242. The highest BCUT2D eigenvalue weighted by Crippen LogP contribution is 2.50. The van der Waals surface area contributed by atoms with E-state index in [2.05, 4.69) is 107 Å². The third kappa shape index (κ3) is 5.94. The molecule has 0 saturated carbocycles. The molecular formula is C33H36NOP. The summed E-state index contributed by atoms with van der Waals surface area (Å²) in [6, 6.07) is 35.9. The van der Waals surface area contributed by atoms with Crippen molar-refractivity contribution in [1.82, 2.24) is 0 Å². The topological polar surface area (TPSA) is 21.6 Å². The summed E-state index contributed by atoms with van der Waals surface area (Å²) in [7, 11) is 0.601. The number of hydrogen-bond donors (Lipinski definition) is 0. The Labute approximate surface area is 218 Å². The number of rotatable bonds is 10. The fourth-order valence-electron chi connectivity index (χ4n) is 4.73. The van der Waals surface area contributed by atoms with E-state index >= 15 is 0 Å². The van der Waals surface area contributed by atoms with E-state index < -0.39 is 0 Å². The van der Waals surface area contributed by atoms with Gasteiger partial charge in [-0.3, -0.25) is 4.99 Å². The number of para-hydroxylation sites is 2. The minimum atomic E-state index is -0.0127. The van der Waals surface area contributed by atoms with Crippen molar-refractivity contribution >= 4 is 25.3 Å². The second-order valence-electron chi connectivity index (χ2n) is 9.21. The van der Waals surface area contributed by atoms with Crippen LogP contribution < -0.4 is 10.0 Å². The van der Waals surface area contributed by atoms with Gasteiger partial charge in [0.1, 0.15) is 12.4 Å². The van der Waals surface area contributed by atoms with Gasteiger partial charge in [-0.05, 0) is 61.3 Å². The van der Waals surface area contributed by atoms with Gasteiger partial charge < -0.3 is 4.74 Å². The number of aliphatic imine (C=N–C) groups is 1. The molecule has 0 N–H and O–H groups in total. The summed E-state index contributed by atoms with van der Waals surface area (Å²) >= 11 is 0. The van der Waals surface area contributed by atoms with Crippen molar-refractivity contribution in [3.63, 3.8) is 0 Å². The van der Waals surface area contributed by atoms with Crippen molar-refractivity contribution in [2.24, 2.45) is 4.99 Å². The van der Waals surface area contributed by atoms with Crippen molar-refractivity contribution in [3.8, 4) is 5.75 Å². The van der Waals surface area contributed by atoms with Crippen LogP contribution in [0.25, 0.3) is 0 Å². The van der Waals surface area contributed by atoms with Crippen LogP contribution in [0.2, 0.25) is 0 Å². The normalized spacial score (nSPS) is 12.3. The van der Waals surface area contributed by atoms with Crippen molar-refractivity contribution in [2.45, 2.75) is 52.3 Å². The molecule has 0 heterocycles. The molecule has 0 aliphatic carbocycles. The van der Waals surface area contributed by atoms with Gasteiger partial charge in [0.25, 0.3) is 0 Å². The average Bonchev–Trinajstić information content (AvgIpc) is 2.93. The van der Waals surface area contributed by atoms with E-state index in [1.54, 1.807) is 0 Å². The molecule has 36 heavy (non-hydrogen) atoms. The molecule has 1 unspecified atom stereocenters. The SMILES string of the molecule is CCC(CC)(Pc1c(C)cccc1C(C)=Nc1ccccc1)c1ccccc1OCc1ccccc1. The van der Waals surface area contributed by atoms with Crippen LogP contribution in [-0.2, 0) is 11.8 Å². The lowest BCUT2D eigenvalue weighted by Gasteiger charge is -2.35. The summed E-state index contributed by atoms with van der Waals surface area (Å²) in [6.07, 6.45) is 2.08. The maximum atomic E-state index is 6.44. The highest BCUT2D eigenvalue weighted by molar-refractivity contribution is 7.49. The maximum absolute atomic E-state index is 6.44. The van der Waals surface area contributed by atoms with Crippen molar-refractivity contribution < 1.29 is 4.74 Å². The zero-order chi connectivity index (χ0) is 25.4. The summed E-state index contributed by atoms with van der Waals surface area (Å²) < 4.78 is 6.44. The molecule has 0 aliphatic rings. The van der Waals surface area contributed by atoms with Crippen molar-refractivity contribution in [1.29, 1.82) is 0 Å². The van der Waals surface area contributed by atoms with Crippen LogP contribution in [0.5, 0.6) is 5.75 Å². The van der Waals surface area contributed by atoms with Crippen LogP contribution in [0.1, 0.15) is 55.9 Å². The Kier molecular flexibility index (Phi) is 8.73. The maximum Gasteiger partial charge on any atom is 0.123 e. The summed E-state index contributed by atoms with van der Waals surface area (Å²) in [5, 5.41) is 1.39. The molecule has 0 spiro atoms. The molecule has 184 valence electrons. The predicted octanol–water partition coefficient (Wildman–Crippen LogP) is 8.73. The Balaban J connectivity index is 1.72. The summed E-state index contributed by atoms with van der Waals surface area (Å²) in [4.78, 5) is 4.96. The second kappa shape index (κ2) is 12.2. The van der Waals surface area contributed by atoms with Gasteiger partial charge in [-0.2, -0.15) is 0 Å². The molecule has 4 aromatic carbocycles. The van der Waals surface area contributed by atoms with Crippen LogP contribution in [0.4, 0.5) is 5.69 Å². The second-order valence-corrected chi connectivity index (χ2v) is 10.9. The molecule has 0 amide bonds. The highest BCUT2D eigenvalue weighted by Gasteiger charge is 2.33. The predicted molar refractivity (Wildman–Crippen MR) is 157 cm³/mol. The highest BCUT2D eigenvalue weighted by atomic mass is 31.1. The van der Waals surface area contributed by atoms with Crippen LogP contribution >= 0.6 is 8.58 Å². The molecule has 0 fully saturated rings. The van der Waals surface area contributed by atoms with Crippen LogP contribution in [0.3, 0.4) is 0 Å². The van der Waals surface area contributed by atoms with E-state index in [0.29, 0.717) is 15.2 Å². The minimum Gasteiger partial charge on any atom is -0.489 e. The molecule has 4 rings (SSSR count). The van der Waals surface area contributed by atoms with Gasteiger partial charge in [0.2, 0.25) is 0 Å². The molecule has 2 nitrogen and oxygen atoms in total. The zero-order valence-corrected chi connectivity index (χ0v) is 22.8. The summed E-state index contributed by atoms with van der Waals surface area (Å²) in [5.74, 6) is 0.988. The number of aryl methyl sites for hydroxylation is 1. The molecule has 0 aromatic heterocycles. The first-order chi connectivity index (χ1) is 17.6. The number of nitrogens with zero attached hydrogens (tertiary/aromatic N) is 1. The first-order valence-corrected chi connectivity index (χ1v) is 13.8. The van der Waals surface area contributed by atoms with E-state index in [-0.39, 0.29) is 5.16 Å². The van der Waals surface area contributed by atoms with Gasteiger partial charge in [0, 0.05) is 22.0 Å². The molecule has 0 saturated heterocycles. The van der Waals surface area contributed by atoms with Gasteiger partial charge in [-0.1, -0.05) is 107 Å². The van der Waals surface area contributed by atoms with E-state index in [4.69, 9.17) is 9.73 Å². The Morgan fingerprint density at radius 2 is 1.42 bits per heavy atom. The molecule has 4 aromatic rings. The van der Waals surface area contributed by atoms with E-state index in [1.807, 2.05) is 24.3 Å². The Bertz CT molecular complexity index is 1290. The van der Waals surface area contributed by atoms with E-state index in [9.17, 15) is 0 Å². The van der Waals surface area contributed by atoms with Gasteiger partial charge in [0.05, 0.1) is 5.69 Å². The van der Waals surface area contributed by atoms with Crippen LogP contribution in [-0.4, -0.2) is 5.71 Å². The van der Waals surface area contributed by atoms with Gasteiger partial charge in [0.15, 0.2) is 0 Å². The van der Waals surface area contributed by atoms with Gasteiger partial charge in [-0.15, -0.1) is 0 Å².